The number of hydrogen-bond acceptors (Lipinski definition) is 4. The van der Waals surface area contributed by atoms with Crippen LogP contribution < -0.4 is 10.7 Å². The number of benzene rings is 2. The summed E-state index contributed by atoms with van der Waals surface area (Å²) in [5, 5.41) is 6.23. The van der Waals surface area contributed by atoms with E-state index < -0.39 is 17.6 Å². The number of nitrogens with zero attached hydrogens (tertiary/aromatic N) is 1. The second-order valence-electron chi connectivity index (χ2n) is 5.45. The molecule has 2 N–H and O–H groups in total. The van der Waals surface area contributed by atoms with Crippen molar-refractivity contribution in [3.05, 3.63) is 71.0 Å². The third-order valence-electron chi connectivity index (χ3n) is 3.68. The first kappa shape index (κ1) is 16.5. The number of fused-ring (bicyclic) bond motifs is 1. The highest BCUT2D eigenvalue weighted by Crippen LogP contribution is 2.19. The van der Waals surface area contributed by atoms with Crippen molar-refractivity contribution in [2.75, 3.05) is 6.54 Å². The molecule has 0 bridgehead atoms. The molecule has 1 aliphatic carbocycles. The van der Waals surface area contributed by atoms with Gasteiger partial charge in [0.15, 0.2) is 5.78 Å². The van der Waals surface area contributed by atoms with Crippen molar-refractivity contribution in [2.45, 2.75) is 6.42 Å². The second-order valence-corrected chi connectivity index (χ2v) is 5.45. The molecule has 0 radical (unpaired) electrons. The van der Waals surface area contributed by atoms with E-state index in [1.165, 1.54) is 18.2 Å². The summed E-state index contributed by atoms with van der Waals surface area (Å²) in [7, 11) is 0. The number of rotatable bonds is 4. The minimum Gasteiger partial charge on any atom is -0.343 e. The van der Waals surface area contributed by atoms with E-state index in [1.807, 2.05) is 12.1 Å². The van der Waals surface area contributed by atoms with Gasteiger partial charge in [-0.05, 0) is 23.8 Å². The molecule has 0 spiro atoms. The van der Waals surface area contributed by atoms with Crippen molar-refractivity contribution in [3.8, 4) is 0 Å². The van der Waals surface area contributed by atoms with Crippen molar-refractivity contribution >= 4 is 23.3 Å². The number of carbonyl (C=O) groups is 3. The predicted molar refractivity (Wildman–Crippen MR) is 88.6 cm³/mol. The Kier molecular flexibility index (Phi) is 4.65. The predicted octanol–water partition coefficient (Wildman–Crippen LogP) is 1.20. The number of hydrogen-bond donors (Lipinski definition) is 2. The average Bonchev–Trinajstić information content (AvgIpc) is 2.93. The number of amides is 2. The topological polar surface area (TPSA) is 87.6 Å². The average molecular weight is 339 g/mol. The molecule has 2 aromatic carbocycles. The van der Waals surface area contributed by atoms with Crippen molar-refractivity contribution in [3.63, 3.8) is 0 Å². The maximum Gasteiger partial charge on any atom is 0.259 e. The Morgan fingerprint density at radius 3 is 2.72 bits per heavy atom. The molecule has 6 nitrogen and oxygen atoms in total. The minimum absolute atomic E-state index is 0.110. The van der Waals surface area contributed by atoms with Gasteiger partial charge in [0.2, 0.25) is 0 Å². The van der Waals surface area contributed by atoms with Gasteiger partial charge in [-0.3, -0.25) is 14.4 Å². The lowest BCUT2D eigenvalue weighted by molar-refractivity contribution is -0.120. The van der Waals surface area contributed by atoms with E-state index in [0.717, 1.165) is 11.6 Å². The Morgan fingerprint density at radius 1 is 1.12 bits per heavy atom. The molecule has 126 valence electrons. The van der Waals surface area contributed by atoms with Gasteiger partial charge in [-0.1, -0.05) is 30.3 Å². The van der Waals surface area contributed by atoms with Gasteiger partial charge >= 0.3 is 0 Å². The van der Waals surface area contributed by atoms with Crippen LogP contribution in [0.15, 0.2) is 53.6 Å². The molecule has 0 saturated heterocycles. The van der Waals surface area contributed by atoms with Crippen molar-refractivity contribution in [1.29, 1.82) is 0 Å². The largest absolute Gasteiger partial charge is 0.343 e. The van der Waals surface area contributed by atoms with Crippen molar-refractivity contribution in [2.24, 2.45) is 5.10 Å². The van der Waals surface area contributed by atoms with Crippen LogP contribution in [0, 0.1) is 5.82 Å². The van der Waals surface area contributed by atoms with Gasteiger partial charge in [0.25, 0.3) is 11.8 Å². The zero-order valence-corrected chi connectivity index (χ0v) is 13.1. The fourth-order valence-electron chi connectivity index (χ4n) is 2.49. The van der Waals surface area contributed by atoms with E-state index >= 15 is 0 Å². The fourth-order valence-corrected chi connectivity index (χ4v) is 2.49. The molecule has 25 heavy (non-hydrogen) atoms. The van der Waals surface area contributed by atoms with Gasteiger partial charge in [-0.25, -0.2) is 9.82 Å². The molecule has 0 atom stereocenters. The minimum atomic E-state index is -0.588. The molecule has 0 fully saturated rings. The van der Waals surface area contributed by atoms with Gasteiger partial charge < -0.3 is 5.32 Å². The highest BCUT2D eigenvalue weighted by Gasteiger charge is 2.25. The van der Waals surface area contributed by atoms with Crippen LogP contribution in [0.5, 0.6) is 0 Å². The maximum absolute atomic E-state index is 13.1. The van der Waals surface area contributed by atoms with Crippen LogP contribution in [-0.4, -0.2) is 29.9 Å². The summed E-state index contributed by atoms with van der Waals surface area (Å²) >= 11 is 0. The maximum atomic E-state index is 13.1. The van der Waals surface area contributed by atoms with Gasteiger partial charge in [-0.15, -0.1) is 0 Å². The van der Waals surface area contributed by atoms with Crippen LogP contribution in [0.25, 0.3) is 0 Å². The number of ketones is 1. The summed E-state index contributed by atoms with van der Waals surface area (Å²) in [4.78, 5) is 35.6. The molecule has 3 rings (SSSR count). The summed E-state index contributed by atoms with van der Waals surface area (Å²) in [6, 6.07) is 12.3. The van der Waals surface area contributed by atoms with E-state index in [2.05, 4.69) is 15.8 Å². The summed E-state index contributed by atoms with van der Waals surface area (Å²) in [6.07, 6.45) is 0.251. The SMILES string of the molecule is O=C(CNC(=O)c1cccc(F)c1)N/N=C1\C(=O)Cc2ccccc21. The molecular formula is C18H14FN3O3. The second kappa shape index (κ2) is 7.04. The molecule has 2 aromatic rings. The third-order valence-corrected chi connectivity index (χ3v) is 3.68. The third kappa shape index (κ3) is 3.77. The van der Waals surface area contributed by atoms with Gasteiger partial charge in [0, 0.05) is 17.5 Å². The van der Waals surface area contributed by atoms with Crippen LogP contribution in [0.2, 0.25) is 0 Å². The Bertz CT molecular complexity index is 893. The van der Waals surface area contributed by atoms with Gasteiger partial charge in [-0.2, -0.15) is 5.10 Å². The normalized spacial score (nSPS) is 14.3. The van der Waals surface area contributed by atoms with Crippen LogP contribution in [0.4, 0.5) is 4.39 Å². The molecule has 0 aliphatic heterocycles. The fraction of sp³-hybridized carbons (Fsp3) is 0.111. The first-order valence-corrected chi connectivity index (χ1v) is 7.56. The molecular weight excluding hydrogens is 325 g/mol. The molecule has 2 amide bonds. The standard InChI is InChI=1S/C18H14FN3O3/c19-13-6-3-5-12(8-13)18(25)20-10-16(24)21-22-17-14-7-2-1-4-11(14)9-15(17)23/h1-8H,9-10H2,(H,20,25)(H,21,24)/b22-17-. The Balaban J connectivity index is 1.58. The quantitative estimate of drug-likeness (QED) is 0.821. The van der Waals surface area contributed by atoms with E-state index in [9.17, 15) is 18.8 Å². The van der Waals surface area contributed by atoms with Gasteiger partial charge in [0.1, 0.15) is 11.5 Å². The monoisotopic (exact) mass is 339 g/mol. The first-order chi connectivity index (χ1) is 12.0. The number of halogens is 1. The summed E-state index contributed by atoms with van der Waals surface area (Å²) in [5.74, 6) is -1.88. The van der Waals surface area contributed by atoms with E-state index in [0.29, 0.717) is 5.56 Å². The highest BCUT2D eigenvalue weighted by atomic mass is 19.1. The lowest BCUT2D eigenvalue weighted by atomic mass is 10.1. The summed E-state index contributed by atoms with van der Waals surface area (Å²) < 4.78 is 13.1. The summed E-state index contributed by atoms with van der Waals surface area (Å²) in [5.41, 5.74) is 4.11. The van der Waals surface area contributed by atoms with Crippen molar-refractivity contribution < 1.29 is 18.8 Å². The lowest BCUT2D eigenvalue weighted by Crippen LogP contribution is -2.35. The number of Topliss-reactive ketones (excluding diaryl/α,β-unsaturated/α-hetero) is 1. The zero-order chi connectivity index (χ0) is 17.8. The molecule has 0 unspecified atom stereocenters. The van der Waals surface area contributed by atoms with E-state index in [4.69, 9.17) is 0 Å². The Labute approximate surface area is 142 Å². The smallest absolute Gasteiger partial charge is 0.259 e. The number of carbonyl (C=O) groups excluding carboxylic acids is 3. The zero-order valence-electron chi connectivity index (χ0n) is 13.1. The van der Waals surface area contributed by atoms with Crippen LogP contribution in [0.1, 0.15) is 21.5 Å². The van der Waals surface area contributed by atoms with Crippen LogP contribution in [-0.2, 0) is 16.0 Å². The van der Waals surface area contributed by atoms with Crippen molar-refractivity contribution in [1.82, 2.24) is 10.7 Å². The first-order valence-electron chi connectivity index (χ1n) is 7.56. The number of hydrazone groups is 1. The summed E-state index contributed by atoms with van der Waals surface area (Å²) in [6.45, 7) is -0.345. The molecule has 0 saturated carbocycles. The van der Waals surface area contributed by atoms with Gasteiger partial charge in [0.05, 0.1) is 6.54 Å². The van der Waals surface area contributed by atoms with Crippen LogP contribution in [0.3, 0.4) is 0 Å². The molecule has 0 aromatic heterocycles. The molecule has 0 heterocycles. The highest BCUT2D eigenvalue weighted by molar-refractivity contribution is 6.49. The van der Waals surface area contributed by atoms with E-state index in [1.54, 1.807) is 12.1 Å². The Hall–Kier alpha value is -3.35. The number of nitrogens with one attached hydrogen (secondary N) is 2. The van der Waals surface area contributed by atoms with E-state index in [-0.39, 0.29) is 30.0 Å². The molecule has 7 heteroatoms. The molecule has 1 aliphatic rings. The Morgan fingerprint density at radius 2 is 1.92 bits per heavy atom. The van der Waals surface area contributed by atoms with Crippen LogP contribution >= 0.6 is 0 Å². The lowest BCUT2D eigenvalue weighted by Gasteiger charge is -2.05.